The third-order valence-electron chi connectivity index (χ3n) is 2.62. The summed E-state index contributed by atoms with van der Waals surface area (Å²) in [6.45, 7) is 5.91. The van der Waals surface area contributed by atoms with E-state index in [0.717, 1.165) is 6.42 Å². The number of carbonyl (C=O) groups is 2. The van der Waals surface area contributed by atoms with Crippen LogP contribution in [0.2, 0.25) is 0 Å². The van der Waals surface area contributed by atoms with E-state index in [0.29, 0.717) is 13.0 Å². The number of hydrogen-bond donors (Lipinski definition) is 2. The van der Waals surface area contributed by atoms with E-state index in [9.17, 15) is 9.59 Å². The average Bonchev–Trinajstić information content (AvgIpc) is 2.63. The molecule has 1 heterocycles. The van der Waals surface area contributed by atoms with Gasteiger partial charge in [-0.05, 0) is 18.3 Å². The lowest BCUT2D eigenvalue weighted by molar-refractivity contribution is -0.146. The van der Waals surface area contributed by atoms with Crippen molar-refractivity contribution in [3.05, 3.63) is 0 Å². The summed E-state index contributed by atoms with van der Waals surface area (Å²) in [4.78, 5) is 22.7. The summed E-state index contributed by atoms with van der Waals surface area (Å²) >= 11 is 0. The molecule has 0 spiro atoms. The molecule has 1 saturated heterocycles. The molecule has 0 saturated carbocycles. The predicted molar refractivity (Wildman–Crippen MR) is 58.0 cm³/mol. The van der Waals surface area contributed by atoms with Crippen LogP contribution in [-0.4, -0.2) is 35.7 Å². The zero-order valence-electron chi connectivity index (χ0n) is 9.95. The highest BCUT2D eigenvalue weighted by Gasteiger charge is 2.35. The molecule has 1 amide bonds. The van der Waals surface area contributed by atoms with Crippen LogP contribution in [0, 0.1) is 5.41 Å². The largest absolute Gasteiger partial charge is 0.480 e. The maximum Gasteiger partial charge on any atom is 0.326 e. The molecule has 1 rings (SSSR count). The van der Waals surface area contributed by atoms with Crippen molar-refractivity contribution in [3.8, 4) is 0 Å². The van der Waals surface area contributed by atoms with Gasteiger partial charge in [0.05, 0.1) is 0 Å². The van der Waals surface area contributed by atoms with Crippen molar-refractivity contribution in [2.24, 2.45) is 5.41 Å². The summed E-state index contributed by atoms with van der Waals surface area (Å²) in [6, 6.07) is -0.885. The quantitative estimate of drug-likeness (QED) is 0.750. The Bertz CT molecular complexity index is 276. The molecule has 0 aromatic carbocycles. The first-order valence-electron chi connectivity index (χ1n) is 5.47. The molecular weight excluding hydrogens is 210 g/mol. The Morgan fingerprint density at radius 2 is 2.06 bits per heavy atom. The molecule has 1 aliphatic heterocycles. The molecule has 5 heteroatoms. The van der Waals surface area contributed by atoms with Crippen molar-refractivity contribution in [1.29, 1.82) is 0 Å². The van der Waals surface area contributed by atoms with E-state index in [1.807, 2.05) is 0 Å². The van der Waals surface area contributed by atoms with Crippen molar-refractivity contribution >= 4 is 11.9 Å². The number of nitrogens with one attached hydrogen (secondary N) is 1. The molecule has 0 aromatic heterocycles. The Hall–Kier alpha value is -1.10. The number of amides is 1. The van der Waals surface area contributed by atoms with E-state index in [1.165, 1.54) is 0 Å². The normalized spacial score (nSPS) is 22.8. The lowest BCUT2D eigenvalue weighted by atomic mass is 9.86. The second kappa shape index (κ2) is 4.82. The maximum atomic E-state index is 11.7. The average molecular weight is 229 g/mol. The number of hydrogen-bond acceptors (Lipinski definition) is 3. The third kappa shape index (κ3) is 3.20. The van der Waals surface area contributed by atoms with E-state index in [1.54, 1.807) is 20.8 Å². The minimum Gasteiger partial charge on any atom is -0.480 e. The van der Waals surface area contributed by atoms with Crippen molar-refractivity contribution in [3.63, 3.8) is 0 Å². The predicted octanol–water partition coefficient (Wildman–Crippen LogP) is 0.781. The van der Waals surface area contributed by atoms with Crippen LogP contribution in [0.25, 0.3) is 0 Å². The van der Waals surface area contributed by atoms with Gasteiger partial charge in [0.25, 0.3) is 0 Å². The molecule has 2 N–H and O–H groups in total. The zero-order chi connectivity index (χ0) is 12.3. The molecule has 1 fully saturated rings. The molecule has 5 nitrogen and oxygen atoms in total. The first-order valence-corrected chi connectivity index (χ1v) is 5.47. The van der Waals surface area contributed by atoms with Gasteiger partial charge in [-0.3, -0.25) is 4.79 Å². The second-order valence-electron chi connectivity index (χ2n) is 5.15. The van der Waals surface area contributed by atoms with Crippen LogP contribution < -0.4 is 5.32 Å². The fourth-order valence-corrected chi connectivity index (χ4v) is 1.67. The first kappa shape index (κ1) is 13.0. The zero-order valence-corrected chi connectivity index (χ0v) is 9.95. The standard InChI is InChI=1S/C11H19NO4/c1-11(2,3)8(10(14)15)12-9(13)7-5-4-6-16-7/h7-8H,4-6H2,1-3H3,(H,12,13)(H,14,15)/t7-,8+/m1/s1. The lowest BCUT2D eigenvalue weighted by Gasteiger charge is -2.28. The monoisotopic (exact) mass is 229 g/mol. The minimum absolute atomic E-state index is 0.320. The lowest BCUT2D eigenvalue weighted by Crippen LogP contribution is -2.51. The van der Waals surface area contributed by atoms with Gasteiger partial charge in [-0.2, -0.15) is 0 Å². The molecule has 16 heavy (non-hydrogen) atoms. The van der Waals surface area contributed by atoms with Gasteiger partial charge in [-0.25, -0.2) is 4.79 Å². The Morgan fingerprint density at radius 1 is 1.44 bits per heavy atom. The molecule has 0 aliphatic carbocycles. The van der Waals surface area contributed by atoms with Gasteiger partial charge in [0.2, 0.25) is 5.91 Å². The van der Waals surface area contributed by atoms with Gasteiger partial charge >= 0.3 is 5.97 Å². The summed E-state index contributed by atoms with van der Waals surface area (Å²) in [7, 11) is 0. The van der Waals surface area contributed by atoms with E-state index in [-0.39, 0.29) is 5.91 Å². The smallest absolute Gasteiger partial charge is 0.326 e. The number of carboxylic acids is 1. The van der Waals surface area contributed by atoms with Crippen LogP contribution in [-0.2, 0) is 14.3 Å². The molecular formula is C11H19NO4. The molecule has 0 radical (unpaired) electrons. The highest BCUT2D eigenvalue weighted by Crippen LogP contribution is 2.20. The molecule has 1 aliphatic rings. The highest BCUT2D eigenvalue weighted by molar-refractivity contribution is 5.86. The maximum absolute atomic E-state index is 11.7. The van der Waals surface area contributed by atoms with Crippen molar-refractivity contribution in [2.75, 3.05) is 6.61 Å². The van der Waals surface area contributed by atoms with Crippen molar-refractivity contribution < 1.29 is 19.4 Å². The van der Waals surface area contributed by atoms with Crippen LogP contribution in [0.1, 0.15) is 33.6 Å². The number of carbonyl (C=O) groups excluding carboxylic acids is 1. The molecule has 0 unspecified atom stereocenters. The van der Waals surface area contributed by atoms with E-state index in [4.69, 9.17) is 9.84 Å². The fourth-order valence-electron chi connectivity index (χ4n) is 1.67. The molecule has 92 valence electrons. The minimum atomic E-state index is -1.01. The topological polar surface area (TPSA) is 75.6 Å². The van der Waals surface area contributed by atoms with E-state index < -0.39 is 23.5 Å². The summed E-state index contributed by atoms with van der Waals surface area (Å²) in [5.41, 5.74) is -0.514. The number of rotatable bonds is 3. The summed E-state index contributed by atoms with van der Waals surface area (Å²) in [6.07, 6.45) is 1.04. The fraction of sp³-hybridized carbons (Fsp3) is 0.818. The molecule has 0 bridgehead atoms. The van der Waals surface area contributed by atoms with E-state index in [2.05, 4.69) is 5.32 Å². The van der Waals surface area contributed by atoms with Gasteiger partial charge in [0.15, 0.2) is 0 Å². The van der Waals surface area contributed by atoms with Crippen molar-refractivity contribution in [2.45, 2.75) is 45.8 Å². The van der Waals surface area contributed by atoms with Crippen LogP contribution in [0.15, 0.2) is 0 Å². The Balaban J connectivity index is 2.61. The van der Waals surface area contributed by atoms with Crippen LogP contribution in [0.5, 0.6) is 0 Å². The van der Waals surface area contributed by atoms with Gasteiger partial charge in [0, 0.05) is 6.61 Å². The first-order chi connectivity index (χ1) is 7.32. The molecule has 0 aromatic rings. The summed E-state index contributed by atoms with van der Waals surface area (Å²) < 4.78 is 5.20. The number of ether oxygens (including phenoxy) is 1. The van der Waals surface area contributed by atoms with Crippen molar-refractivity contribution in [1.82, 2.24) is 5.32 Å². The Kier molecular flexibility index (Phi) is 3.91. The Morgan fingerprint density at radius 3 is 2.44 bits per heavy atom. The third-order valence-corrected chi connectivity index (χ3v) is 2.62. The second-order valence-corrected chi connectivity index (χ2v) is 5.15. The van der Waals surface area contributed by atoms with Gasteiger partial charge in [-0.1, -0.05) is 20.8 Å². The summed E-state index contributed by atoms with van der Waals surface area (Å²) in [5, 5.41) is 11.6. The Labute approximate surface area is 95.2 Å². The SMILES string of the molecule is CC(C)(C)[C@@H](NC(=O)[C@H]1CCCO1)C(=O)O. The number of carboxylic acid groups (broad SMARTS) is 1. The van der Waals surface area contributed by atoms with Gasteiger partial charge in [-0.15, -0.1) is 0 Å². The number of aliphatic carboxylic acids is 1. The van der Waals surface area contributed by atoms with Crippen LogP contribution in [0.4, 0.5) is 0 Å². The van der Waals surface area contributed by atoms with E-state index >= 15 is 0 Å². The summed E-state index contributed by atoms with van der Waals surface area (Å²) in [5.74, 6) is -1.33. The van der Waals surface area contributed by atoms with Gasteiger partial charge in [0.1, 0.15) is 12.1 Å². The highest BCUT2D eigenvalue weighted by atomic mass is 16.5. The van der Waals surface area contributed by atoms with Crippen LogP contribution >= 0.6 is 0 Å². The van der Waals surface area contributed by atoms with Gasteiger partial charge < -0.3 is 15.2 Å². The molecule has 2 atom stereocenters. The van der Waals surface area contributed by atoms with Crippen LogP contribution in [0.3, 0.4) is 0 Å².